The largest absolute Gasteiger partial charge is 0.341 e. The van der Waals surface area contributed by atoms with Crippen molar-refractivity contribution in [1.29, 1.82) is 0 Å². The summed E-state index contributed by atoms with van der Waals surface area (Å²) in [6.07, 6.45) is 3.57. The number of nitro benzene ring substituents is 2. The normalized spacial score (nSPS) is 13.3. The SMILES string of the molecule is O=[N+]([O-])c1ccc(/C=N\Nc2nc(Nc3ccc([N+](=O)[O-])cc3)nc(N3CCCC3)n2)cc1. The maximum absolute atomic E-state index is 10.9. The molecule has 0 aliphatic carbocycles. The van der Waals surface area contributed by atoms with Crippen molar-refractivity contribution in [1.82, 2.24) is 15.0 Å². The standard InChI is InChI=1S/C20H19N9O4/c30-28(31)16-7-3-14(4-8-16)13-21-26-19-23-18(24-20(25-19)27-11-1-2-12-27)22-15-5-9-17(10-6-15)29(32)33/h3-10,13H,1-2,11-12H2,(H2,22,23,24,25,26)/b21-13-. The predicted octanol–water partition coefficient (Wildman–Crippen LogP) is 3.48. The number of hydrazone groups is 1. The molecule has 1 saturated heterocycles. The molecule has 1 aliphatic heterocycles. The van der Waals surface area contributed by atoms with Gasteiger partial charge in [0.25, 0.3) is 11.4 Å². The second-order valence-corrected chi connectivity index (χ2v) is 7.12. The first kappa shape index (κ1) is 21.5. The highest BCUT2D eigenvalue weighted by Crippen LogP contribution is 2.22. The first-order valence-corrected chi connectivity index (χ1v) is 10.0. The molecule has 2 N–H and O–H groups in total. The Morgan fingerprint density at radius 2 is 1.42 bits per heavy atom. The molecule has 0 bridgehead atoms. The van der Waals surface area contributed by atoms with Crippen LogP contribution in [0.25, 0.3) is 0 Å². The highest BCUT2D eigenvalue weighted by atomic mass is 16.6. The molecule has 0 saturated carbocycles. The molecule has 2 heterocycles. The summed E-state index contributed by atoms with van der Waals surface area (Å²) in [7, 11) is 0. The van der Waals surface area contributed by atoms with Crippen LogP contribution in [-0.2, 0) is 0 Å². The highest BCUT2D eigenvalue weighted by molar-refractivity contribution is 5.80. The van der Waals surface area contributed by atoms with Gasteiger partial charge in [0.2, 0.25) is 17.8 Å². The molecule has 3 aromatic rings. The molecule has 1 aliphatic rings. The average Bonchev–Trinajstić information content (AvgIpc) is 3.35. The van der Waals surface area contributed by atoms with E-state index in [1.807, 2.05) is 4.90 Å². The van der Waals surface area contributed by atoms with Gasteiger partial charge in [-0.2, -0.15) is 20.1 Å². The van der Waals surface area contributed by atoms with Crippen LogP contribution in [0.2, 0.25) is 0 Å². The van der Waals surface area contributed by atoms with Crippen LogP contribution in [0.1, 0.15) is 18.4 Å². The molecule has 0 spiro atoms. The van der Waals surface area contributed by atoms with Gasteiger partial charge in [0, 0.05) is 43.0 Å². The summed E-state index contributed by atoms with van der Waals surface area (Å²) in [5.74, 6) is 0.947. The highest BCUT2D eigenvalue weighted by Gasteiger charge is 2.17. The second kappa shape index (κ2) is 9.64. The lowest BCUT2D eigenvalue weighted by Crippen LogP contribution is -2.21. The van der Waals surface area contributed by atoms with Crippen LogP contribution in [0.4, 0.5) is 34.9 Å². The third-order valence-electron chi connectivity index (χ3n) is 4.83. The molecule has 13 heteroatoms. The Kier molecular flexibility index (Phi) is 6.29. The van der Waals surface area contributed by atoms with Crippen LogP contribution in [-0.4, -0.2) is 44.1 Å². The number of anilines is 4. The van der Waals surface area contributed by atoms with Crippen LogP contribution in [0, 0.1) is 20.2 Å². The smallest absolute Gasteiger partial charge is 0.269 e. The number of nitro groups is 2. The number of hydrogen-bond acceptors (Lipinski definition) is 11. The lowest BCUT2D eigenvalue weighted by Gasteiger charge is -2.16. The molecule has 4 rings (SSSR count). The number of rotatable bonds is 8. The van der Waals surface area contributed by atoms with E-state index in [0.29, 0.717) is 17.2 Å². The minimum Gasteiger partial charge on any atom is -0.341 e. The third-order valence-corrected chi connectivity index (χ3v) is 4.83. The summed E-state index contributed by atoms with van der Waals surface area (Å²) in [4.78, 5) is 35.9. The molecule has 0 amide bonds. The fraction of sp³-hybridized carbons (Fsp3) is 0.200. The molecule has 2 aromatic carbocycles. The molecule has 33 heavy (non-hydrogen) atoms. The van der Waals surface area contributed by atoms with E-state index in [-0.39, 0.29) is 23.3 Å². The van der Waals surface area contributed by atoms with Crippen molar-refractivity contribution in [2.45, 2.75) is 12.8 Å². The van der Waals surface area contributed by atoms with Gasteiger partial charge in [-0.1, -0.05) is 0 Å². The van der Waals surface area contributed by atoms with Crippen LogP contribution < -0.4 is 15.6 Å². The van der Waals surface area contributed by atoms with Crippen molar-refractivity contribution in [3.05, 3.63) is 74.3 Å². The van der Waals surface area contributed by atoms with Gasteiger partial charge in [0.1, 0.15) is 0 Å². The quantitative estimate of drug-likeness (QED) is 0.295. The van der Waals surface area contributed by atoms with E-state index in [0.717, 1.165) is 25.9 Å². The van der Waals surface area contributed by atoms with Crippen LogP contribution in [0.3, 0.4) is 0 Å². The van der Waals surface area contributed by atoms with Gasteiger partial charge in [0.15, 0.2) is 0 Å². The van der Waals surface area contributed by atoms with Gasteiger partial charge >= 0.3 is 0 Å². The maximum atomic E-state index is 10.9. The molecular weight excluding hydrogens is 430 g/mol. The van der Waals surface area contributed by atoms with E-state index < -0.39 is 9.85 Å². The number of nitrogens with zero attached hydrogens (tertiary/aromatic N) is 7. The molecule has 1 fully saturated rings. The molecule has 168 valence electrons. The van der Waals surface area contributed by atoms with Gasteiger partial charge in [-0.15, -0.1) is 0 Å². The van der Waals surface area contributed by atoms with Crippen molar-refractivity contribution in [3.8, 4) is 0 Å². The van der Waals surface area contributed by atoms with Gasteiger partial charge in [-0.25, -0.2) is 5.43 Å². The van der Waals surface area contributed by atoms with E-state index in [4.69, 9.17) is 0 Å². The van der Waals surface area contributed by atoms with Crippen LogP contribution >= 0.6 is 0 Å². The minimum atomic E-state index is -0.469. The Hall–Kier alpha value is -4.68. The Morgan fingerprint density at radius 3 is 2.03 bits per heavy atom. The molecular formula is C20H19N9O4. The summed E-state index contributed by atoms with van der Waals surface area (Å²) >= 11 is 0. The Bertz CT molecular complexity index is 1180. The fourth-order valence-electron chi connectivity index (χ4n) is 3.17. The van der Waals surface area contributed by atoms with Crippen molar-refractivity contribution < 1.29 is 9.85 Å². The predicted molar refractivity (Wildman–Crippen MR) is 122 cm³/mol. The molecule has 1 aromatic heterocycles. The summed E-state index contributed by atoms with van der Waals surface area (Å²) in [5.41, 5.74) is 3.98. The second-order valence-electron chi connectivity index (χ2n) is 7.12. The Balaban J connectivity index is 1.53. The number of nitrogens with one attached hydrogen (secondary N) is 2. The number of non-ortho nitro benzene ring substituents is 2. The Morgan fingerprint density at radius 1 is 0.848 bits per heavy atom. The van der Waals surface area contributed by atoms with Crippen molar-refractivity contribution >= 4 is 41.1 Å². The summed E-state index contributed by atoms with van der Waals surface area (Å²) in [5, 5.41) is 28.8. The zero-order valence-electron chi connectivity index (χ0n) is 17.3. The molecule has 0 atom stereocenters. The van der Waals surface area contributed by atoms with E-state index in [1.54, 1.807) is 24.3 Å². The zero-order chi connectivity index (χ0) is 23.2. The van der Waals surface area contributed by atoms with Gasteiger partial charge in [-0.3, -0.25) is 20.2 Å². The monoisotopic (exact) mass is 449 g/mol. The third kappa shape index (κ3) is 5.52. The van der Waals surface area contributed by atoms with E-state index in [2.05, 4.69) is 30.8 Å². The topological polar surface area (TPSA) is 165 Å². The van der Waals surface area contributed by atoms with Gasteiger partial charge in [-0.05, 0) is 42.7 Å². The number of benzene rings is 2. The lowest BCUT2D eigenvalue weighted by molar-refractivity contribution is -0.385. The van der Waals surface area contributed by atoms with Crippen molar-refractivity contribution in [3.63, 3.8) is 0 Å². The van der Waals surface area contributed by atoms with E-state index in [9.17, 15) is 20.2 Å². The van der Waals surface area contributed by atoms with Gasteiger partial charge < -0.3 is 10.2 Å². The number of hydrogen-bond donors (Lipinski definition) is 2. The van der Waals surface area contributed by atoms with Crippen LogP contribution in [0.15, 0.2) is 53.6 Å². The maximum Gasteiger partial charge on any atom is 0.269 e. The Labute approximate surface area is 187 Å². The molecule has 0 unspecified atom stereocenters. The fourth-order valence-corrected chi connectivity index (χ4v) is 3.17. The number of aromatic nitrogens is 3. The first-order valence-electron chi connectivity index (χ1n) is 10.0. The summed E-state index contributed by atoms with van der Waals surface area (Å²) < 4.78 is 0. The minimum absolute atomic E-state index is 0.00482. The average molecular weight is 449 g/mol. The molecule has 0 radical (unpaired) electrons. The molecule has 13 nitrogen and oxygen atoms in total. The van der Waals surface area contributed by atoms with Crippen molar-refractivity contribution in [2.24, 2.45) is 5.10 Å². The zero-order valence-corrected chi connectivity index (χ0v) is 17.3. The summed E-state index contributed by atoms with van der Waals surface area (Å²) in [6, 6.07) is 11.8. The van der Waals surface area contributed by atoms with E-state index in [1.165, 1.54) is 30.5 Å². The van der Waals surface area contributed by atoms with Crippen LogP contribution in [0.5, 0.6) is 0 Å². The summed E-state index contributed by atoms with van der Waals surface area (Å²) in [6.45, 7) is 1.65. The van der Waals surface area contributed by atoms with Gasteiger partial charge in [0.05, 0.1) is 16.1 Å². The lowest BCUT2D eigenvalue weighted by atomic mass is 10.2. The van der Waals surface area contributed by atoms with Crippen molar-refractivity contribution in [2.75, 3.05) is 28.7 Å². The van der Waals surface area contributed by atoms with E-state index >= 15 is 0 Å². The first-order chi connectivity index (χ1) is 16.0.